The summed E-state index contributed by atoms with van der Waals surface area (Å²) in [5, 5.41) is 10.4. The van der Waals surface area contributed by atoms with Gasteiger partial charge in [-0.3, -0.25) is 0 Å². The van der Waals surface area contributed by atoms with Crippen molar-refractivity contribution in [1.82, 2.24) is 0 Å². The lowest BCUT2D eigenvalue weighted by Crippen LogP contribution is -2.05. The lowest BCUT2D eigenvalue weighted by atomic mass is 9.97. The molecule has 0 bridgehead atoms. The number of aryl methyl sites for hydroxylation is 2. The predicted octanol–water partition coefficient (Wildman–Crippen LogP) is 4.30. The lowest BCUT2D eigenvalue weighted by Gasteiger charge is -2.17. The Morgan fingerprint density at radius 2 is 1.80 bits per heavy atom. The van der Waals surface area contributed by atoms with Crippen LogP contribution in [0.2, 0.25) is 0 Å². The first-order valence-electron chi connectivity index (χ1n) is 6.22. The van der Waals surface area contributed by atoms with Gasteiger partial charge in [0.15, 0.2) is 0 Å². The van der Waals surface area contributed by atoms with E-state index in [9.17, 15) is 9.50 Å². The molecule has 0 radical (unpaired) electrons. The Morgan fingerprint density at radius 1 is 1.20 bits per heavy atom. The number of rotatable bonds is 3. The van der Waals surface area contributed by atoms with Crippen LogP contribution >= 0.6 is 15.9 Å². The summed E-state index contributed by atoms with van der Waals surface area (Å²) in [5.74, 6) is 0.349. The molecule has 0 heterocycles. The number of hydrogen-bond acceptors (Lipinski definition) is 2. The van der Waals surface area contributed by atoms with Crippen molar-refractivity contribution in [3.63, 3.8) is 0 Å². The van der Waals surface area contributed by atoms with E-state index in [1.807, 2.05) is 26.0 Å². The third-order valence-electron chi connectivity index (χ3n) is 3.28. The number of ether oxygens (including phenoxy) is 1. The zero-order chi connectivity index (χ0) is 14.9. The van der Waals surface area contributed by atoms with Crippen molar-refractivity contribution in [2.24, 2.45) is 0 Å². The summed E-state index contributed by atoms with van der Waals surface area (Å²) in [6.45, 7) is 3.80. The summed E-state index contributed by atoms with van der Waals surface area (Å²) >= 11 is 3.13. The van der Waals surface area contributed by atoms with E-state index in [2.05, 4.69) is 15.9 Å². The molecule has 0 aliphatic rings. The Kier molecular flexibility index (Phi) is 4.45. The predicted molar refractivity (Wildman–Crippen MR) is 80.6 cm³/mol. The topological polar surface area (TPSA) is 29.5 Å². The van der Waals surface area contributed by atoms with Gasteiger partial charge in [0.25, 0.3) is 0 Å². The maximum atomic E-state index is 14.1. The molecule has 2 aromatic rings. The van der Waals surface area contributed by atoms with Gasteiger partial charge in [0.05, 0.1) is 11.6 Å². The zero-order valence-corrected chi connectivity index (χ0v) is 13.2. The highest BCUT2D eigenvalue weighted by atomic mass is 79.9. The van der Waals surface area contributed by atoms with Crippen molar-refractivity contribution < 1.29 is 14.2 Å². The second-order valence-corrected chi connectivity index (χ2v) is 5.59. The maximum absolute atomic E-state index is 14.1. The number of benzene rings is 2. The van der Waals surface area contributed by atoms with Gasteiger partial charge in [0, 0.05) is 5.56 Å². The fraction of sp³-hybridized carbons (Fsp3) is 0.250. The molecule has 0 aromatic heterocycles. The molecule has 106 valence electrons. The van der Waals surface area contributed by atoms with E-state index < -0.39 is 11.9 Å². The van der Waals surface area contributed by atoms with E-state index in [1.54, 1.807) is 25.3 Å². The Bertz CT molecular complexity index is 617. The molecular weight excluding hydrogens is 323 g/mol. The van der Waals surface area contributed by atoms with E-state index >= 15 is 0 Å². The standard InChI is InChI=1S/C16H16BrFO2/c1-9-7-11(8-10(2)16(9)20-3)15(19)12-5-4-6-13(17)14(12)18/h4-8,15,19H,1-3H3. The molecule has 0 saturated carbocycles. The van der Waals surface area contributed by atoms with E-state index in [4.69, 9.17) is 4.74 Å². The van der Waals surface area contributed by atoms with Crippen molar-refractivity contribution in [3.05, 3.63) is 62.9 Å². The average molecular weight is 339 g/mol. The maximum Gasteiger partial charge on any atom is 0.143 e. The lowest BCUT2D eigenvalue weighted by molar-refractivity contribution is 0.214. The molecule has 0 fully saturated rings. The SMILES string of the molecule is COc1c(C)cc(C(O)c2cccc(Br)c2F)cc1C. The third kappa shape index (κ3) is 2.72. The fourth-order valence-corrected chi connectivity index (χ4v) is 2.76. The third-order valence-corrected chi connectivity index (χ3v) is 3.89. The first-order valence-corrected chi connectivity index (χ1v) is 7.02. The van der Waals surface area contributed by atoms with Gasteiger partial charge in [0.1, 0.15) is 17.7 Å². The number of aliphatic hydroxyl groups excluding tert-OH is 1. The summed E-state index contributed by atoms with van der Waals surface area (Å²) in [4.78, 5) is 0. The van der Waals surface area contributed by atoms with E-state index in [0.717, 1.165) is 16.9 Å². The van der Waals surface area contributed by atoms with Crippen LogP contribution in [0.3, 0.4) is 0 Å². The highest BCUT2D eigenvalue weighted by Crippen LogP contribution is 2.32. The van der Waals surface area contributed by atoms with Crippen LogP contribution in [0.1, 0.15) is 28.4 Å². The minimum absolute atomic E-state index is 0.253. The number of halogens is 2. The second-order valence-electron chi connectivity index (χ2n) is 4.73. The van der Waals surface area contributed by atoms with Gasteiger partial charge in [-0.15, -0.1) is 0 Å². The molecule has 0 aliphatic heterocycles. The van der Waals surface area contributed by atoms with Crippen LogP contribution in [0.5, 0.6) is 5.75 Å². The Morgan fingerprint density at radius 3 is 2.35 bits per heavy atom. The smallest absolute Gasteiger partial charge is 0.143 e. The highest BCUT2D eigenvalue weighted by Gasteiger charge is 2.18. The Labute approximate surface area is 126 Å². The van der Waals surface area contributed by atoms with Crippen LogP contribution in [0.15, 0.2) is 34.8 Å². The highest BCUT2D eigenvalue weighted by molar-refractivity contribution is 9.10. The fourth-order valence-electron chi connectivity index (χ4n) is 2.37. The summed E-state index contributed by atoms with van der Waals surface area (Å²) < 4.78 is 19.7. The summed E-state index contributed by atoms with van der Waals surface area (Å²) in [7, 11) is 1.61. The van der Waals surface area contributed by atoms with Crippen molar-refractivity contribution in [1.29, 1.82) is 0 Å². The van der Waals surface area contributed by atoms with Gasteiger partial charge >= 0.3 is 0 Å². The van der Waals surface area contributed by atoms with Crippen LogP contribution in [0.25, 0.3) is 0 Å². The summed E-state index contributed by atoms with van der Waals surface area (Å²) in [5.41, 5.74) is 2.73. The van der Waals surface area contributed by atoms with Gasteiger partial charge in [-0.25, -0.2) is 4.39 Å². The molecule has 2 aromatic carbocycles. The average Bonchev–Trinajstić information content (AvgIpc) is 2.41. The summed E-state index contributed by atoms with van der Waals surface area (Å²) in [6.07, 6.45) is -1.00. The first kappa shape index (κ1) is 15.0. The van der Waals surface area contributed by atoms with Gasteiger partial charge in [0.2, 0.25) is 0 Å². The van der Waals surface area contributed by atoms with Gasteiger partial charge in [-0.05, 0) is 64.7 Å². The van der Waals surface area contributed by atoms with Crippen LogP contribution < -0.4 is 4.74 Å². The monoisotopic (exact) mass is 338 g/mol. The number of aliphatic hydroxyl groups is 1. The zero-order valence-electron chi connectivity index (χ0n) is 11.6. The first-order chi connectivity index (χ1) is 9.45. The van der Waals surface area contributed by atoms with Crippen LogP contribution in [0, 0.1) is 19.7 Å². The molecule has 1 atom stereocenters. The Balaban J connectivity index is 2.49. The largest absolute Gasteiger partial charge is 0.496 e. The molecule has 2 rings (SSSR count). The normalized spacial score (nSPS) is 12.3. The summed E-state index contributed by atoms with van der Waals surface area (Å²) in [6, 6.07) is 8.53. The van der Waals surface area contributed by atoms with Crippen LogP contribution in [-0.4, -0.2) is 12.2 Å². The minimum atomic E-state index is -1.00. The molecule has 1 N–H and O–H groups in total. The quantitative estimate of drug-likeness (QED) is 0.904. The molecular formula is C16H16BrFO2. The van der Waals surface area contributed by atoms with Gasteiger partial charge < -0.3 is 9.84 Å². The molecule has 2 nitrogen and oxygen atoms in total. The van der Waals surface area contributed by atoms with E-state index in [-0.39, 0.29) is 5.56 Å². The number of hydrogen-bond donors (Lipinski definition) is 1. The van der Waals surface area contributed by atoms with Crippen molar-refractivity contribution in [2.75, 3.05) is 7.11 Å². The molecule has 0 amide bonds. The van der Waals surface area contributed by atoms with E-state index in [0.29, 0.717) is 10.0 Å². The van der Waals surface area contributed by atoms with Gasteiger partial charge in [-0.2, -0.15) is 0 Å². The van der Waals surface area contributed by atoms with Gasteiger partial charge in [-0.1, -0.05) is 12.1 Å². The Hall–Kier alpha value is -1.39. The molecule has 20 heavy (non-hydrogen) atoms. The van der Waals surface area contributed by atoms with Crippen molar-refractivity contribution in [3.8, 4) is 5.75 Å². The molecule has 0 spiro atoms. The second kappa shape index (κ2) is 5.94. The van der Waals surface area contributed by atoms with Crippen LogP contribution in [0.4, 0.5) is 4.39 Å². The van der Waals surface area contributed by atoms with Crippen molar-refractivity contribution >= 4 is 15.9 Å². The van der Waals surface area contributed by atoms with Crippen molar-refractivity contribution in [2.45, 2.75) is 20.0 Å². The van der Waals surface area contributed by atoms with Crippen LogP contribution in [-0.2, 0) is 0 Å². The number of methoxy groups -OCH3 is 1. The molecule has 0 aliphatic carbocycles. The minimum Gasteiger partial charge on any atom is -0.496 e. The van der Waals surface area contributed by atoms with E-state index in [1.165, 1.54) is 0 Å². The molecule has 1 unspecified atom stereocenters. The molecule has 0 saturated heterocycles. The molecule has 4 heteroatoms.